The average molecular weight is 819 g/mol. The Labute approximate surface area is 312 Å². The minimum Gasteiger partial charge on any atom is -0.436 e. The molecule has 4 heterocycles. The van der Waals surface area contributed by atoms with E-state index in [1.807, 2.05) is 0 Å². The number of oxazole rings is 4. The normalized spacial score (nSPS) is 13.2. The summed E-state index contributed by atoms with van der Waals surface area (Å²) in [5.74, 6) is -0.709. The van der Waals surface area contributed by atoms with Gasteiger partial charge in [-0.15, -0.1) is 0 Å². The first-order chi connectivity index (χ1) is 27.2. The van der Waals surface area contributed by atoms with Crippen molar-refractivity contribution in [2.45, 2.75) is 24.7 Å². The summed E-state index contributed by atoms with van der Waals surface area (Å²) in [4.78, 5) is 17.0. The summed E-state index contributed by atoms with van der Waals surface area (Å²) in [6, 6.07) is 13.9. The van der Waals surface area contributed by atoms with E-state index in [4.69, 9.17) is 17.7 Å². The van der Waals surface area contributed by atoms with Gasteiger partial charge in [-0.25, -0.2) is 19.9 Å². The molecule has 294 valence electrons. The highest BCUT2D eigenvalue weighted by Gasteiger charge is 2.39. The van der Waals surface area contributed by atoms with Crippen LogP contribution in [-0.2, 0) is 24.7 Å². The molecule has 0 saturated heterocycles. The van der Waals surface area contributed by atoms with Crippen LogP contribution in [-0.4, -0.2) is 19.9 Å². The Morgan fingerprint density at radius 1 is 0.293 bits per heavy atom. The lowest BCUT2D eigenvalue weighted by Gasteiger charge is -2.13. The number of aromatic nitrogens is 4. The highest BCUT2D eigenvalue weighted by Crippen LogP contribution is 2.42. The van der Waals surface area contributed by atoms with E-state index in [-0.39, 0.29) is 68.3 Å². The molecule has 0 aliphatic heterocycles. The van der Waals surface area contributed by atoms with E-state index >= 15 is 0 Å². The number of halogens is 12. The van der Waals surface area contributed by atoms with Gasteiger partial charge in [0.15, 0.2) is 22.3 Å². The number of benzene rings is 5. The Balaban J connectivity index is 0.980. The van der Waals surface area contributed by atoms with E-state index in [1.165, 1.54) is 24.3 Å². The van der Waals surface area contributed by atoms with E-state index in [2.05, 4.69) is 19.9 Å². The van der Waals surface area contributed by atoms with Crippen molar-refractivity contribution in [1.29, 1.82) is 0 Å². The first-order valence-electron chi connectivity index (χ1n) is 16.3. The van der Waals surface area contributed by atoms with Gasteiger partial charge in [0.1, 0.15) is 22.1 Å². The minimum absolute atomic E-state index is 0.00263. The molecule has 20 heteroatoms. The maximum Gasteiger partial charge on any atom is 0.416 e. The van der Waals surface area contributed by atoms with Crippen LogP contribution in [0, 0.1) is 0 Å². The molecule has 0 aliphatic rings. The molecule has 0 saturated carbocycles. The molecule has 0 N–H and O–H groups in total. The van der Waals surface area contributed by atoms with Crippen LogP contribution in [0.4, 0.5) is 52.7 Å². The molecule has 0 unspecified atom stereocenters. The Hall–Kier alpha value is -6.86. The maximum absolute atomic E-state index is 13.4. The van der Waals surface area contributed by atoms with E-state index in [0.29, 0.717) is 35.4 Å². The summed E-state index contributed by atoms with van der Waals surface area (Å²) in [5, 5.41) is 0. The predicted molar refractivity (Wildman–Crippen MR) is 178 cm³/mol. The van der Waals surface area contributed by atoms with Crippen molar-refractivity contribution in [3.8, 4) is 45.8 Å². The minimum atomic E-state index is -5.07. The molecule has 0 amide bonds. The van der Waals surface area contributed by atoms with Crippen LogP contribution in [0.1, 0.15) is 22.3 Å². The zero-order valence-corrected chi connectivity index (χ0v) is 28.0. The van der Waals surface area contributed by atoms with Gasteiger partial charge in [0, 0.05) is 34.4 Å². The zero-order valence-electron chi connectivity index (χ0n) is 28.0. The molecule has 0 aliphatic carbocycles. The van der Waals surface area contributed by atoms with Crippen LogP contribution in [0.2, 0.25) is 0 Å². The summed E-state index contributed by atoms with van der Waals surface area (Å²) >= 11 is 0. The summed E-state index contributed by atoms with van der Waals surface area (Å²) < 4.78 is 184. The molecular formula is C38H14F12N4O4. The fourth-order valence-electron chi connectivity index (χ4n) is 6.11. The van der Waals surface area contributed by atoms with E-state index < -0.39 is 69.9 Å². The van der Waals surface area contributed by atoms with Crippen LogP contribution < -0.4 is 0 Å². The number of hydrogen-bond donors (Lipinski definition) is 0. The third-order valence-corrected chi connectivity index (χ3v) is 8.84. The molecule has 0 atom stereocenters. The summed E-state index contributed by atoms with van der Waals surface area (Å²) in [7, 11) is 0. The number of alkyl halides is 12. The maximum atomic E-state index is 13.4. The Bertz CT molecular complexity index is 2700. The van der Waals surface area contributed by atoms with Gasteiger partial charge in [-0.2, -0.15) is 52.7 Å². The summed E-state index contributed by atoms with van der Waals surface area (Å²) in [5.41, 5.74) is -5.22. The van der Waals surface area contributed by atoms with Gasteiger partial charge in [-0.1, -0.05) is 0 Å². The van der Waals surface area contributed by atoms with E-state index in [9.17, 15) is 52.7 Å². The molecule has 9 rings (SSSR count). The smallest absolute Gasteiger partial charge is 0.416 e. The number of hydrogen-bond acceptors (Lipinski definition) is 8. The molecule has 0 bridgehead atoms. The second-order valence-electron chi connectivity index (χ2n) is 12.8. The Morgan fingerprint density at radius 2 is 0.534 bits per heavy atom. The second-order valence-corrected chi connectivity index (χ2v) is 12.8. The second kappa shape index (κ2) is 12.3. The molecule has 58 heavy (non-hydrogen) atoms. The van der Waals surface area contributed by atoms with Crippen molar-refractivity contribution < 1.29 is 70.4 Å². The standard InChI is InChI=1S/C38H14F12N4O4/c39-35(40,41)19-5-17(6-20(9-19)36(42,43)44)33-53-25-11-23-27(13-29(25)57-33)55-31(51-23)15-1-2-16(4-3-15)32-52-24-12-26-30(14-28(24)56-32)58-34(54-26)18-7-21(37(45,46)47)10-22(8-18)38(48,49)50/h1-14H. The van der Waals surface area contributed by atoms with Crippen molar-refractivity contribution in [3.05, 3.63) is 107 Å². The molecule has 0 fully saturated rings. The van der Waals surface area contributed by atoms with Gasteiger partial charge in [-0.3, -0.25) is 0 Å². The average Bonchev–Trinajstić information content (AvgIpc) is 3.95. The Morgan fingerprint density at radius 3 is 0.776 bits per heavy atom. The van der Waals surface area contributed by atoms with Gasteiger partial charge < -0.3 is 17.7 Å². The molecule has 9 aromatic rings. The molecule has 0 spiro atoms. The molecule has 4 aromatic heterocycles. The van der Waals surface area contributed by atoms with Crippen molar-refractivity contribution >= 4 is 44.4 Å². The van der Waals surface area contributed by atoms with Crippen LogP contribution in [0.25, 0.3) is 90.2 Å². The molecule has 5 aromatic carbocycles. The van der Waals surface area contributed by atoms with Crippen molar-refractivity contribution in [1.82, 2.24) is 19.9 Å². The molecule has 0 radical (unpaired) electrons. The monoisotopic (exact) mass is 818 g/mol. The third-order valence-electron chi connectivity index (χ3n) is 8.84. The van der Waals surface area contributed by atoms with E-state index in [0.717, 1.165) is 0 Å². The summed E-state index contributed by atoms with van der Waals surface area (Å²) in [6.45, 7) is 0. The summed E-state index contributed by atoms with van der Waals surface area (Å²) in [6.07, 6.45) is -20.3. The van der Waals surface area contributed by atoms with Gasteiger partial charge in [0.25, 0.3) is 0 Å². The van der Waals surface area contributed by atoms with Crippen molar-refractivity contribution in [2.24, 2.45) is 0 Å². The zero-order chi connectivity index (χ0) is 41.1. The highest BCUT2D eigenvalue weighted by molar-refractivity contribution is 5.92. The Kier molecular flexibility index (Phi) is 7.81. The fraction of sp³-hybridized carbons (Fsp3) is 0.105. The number of nitrogens with zero attached hydrogens (tertiary/aromatic N) is 4. The lowest BCUT2D eigenvalue weighted by Crippen LogP contribution is -2.11. The van der Waals surface area contributed by atoms with Gasteiger partial charge in [0.05, 0.1) is 22.3 Å². The highest BCUT2D eigenvalue weighted by atomic mass is 19.4. The lowest BCUT2D eigenvalue weighted by molar-refractivity contribution is -0.144. The number of rotatable bonds is 4. The third kappa shape index (κ3) is 6.62. The van der Waals surface area contributed by atoms with Crippen LogP contribution in [0.3, 0.4) is 0 Å². The van der Waals surface area contributed by atoms with Crippen LogP contribution in [0.5, 0.6) is 0 Å². The van der Waals surface area contributed by atoms with Crippen molar-refractivity contribution in [3.63, 3.8) is 0 Å². The quantitative estimate of drug-likeness (QED) is 0.162. The van der Waals surface area contributed by atoms with Crippen LogP contribution in [0.15, 0.2) is 103 Å². The van der Waals surface area contributed by atoms with Gasteiger partial charge in [0.2, 0.25) is 23.6 Å². The molecule has 8 nitrogen and oxygen atoms in total. The predicted octanol–water partition coefficient (Wildman–Crippen LogP) is 13.0. The SMILES string of the molecule is FC(F)(F)c1cc(-c2nc3cc4nc(-c5ccc(-c6nc7cc8nc(-c9cc(C(F)(F)F)cc(C(F)(F)F)c9)oc8cc7o6)cc5)oc4cc3o2)cc(C(F)(F)F)c1. The van der Waals surface area contributed by atoms with Crippen molar-refractivity contribution in [2.75, 3.05) is 0 Å². The topological polar surface area (TPSA) is 104 Å². The van der Waals surface area contributed by atoms with Gasteiger partial charge >= 0.3 is 24.7 Å². The lowest BCUT2D eigenvalue weighted by atomic mass is 10.0. The van der Waals surface area contributed by atoms with Crippen LogP contribution >= 0.6 is 0 Å². The largest absolute Gasteiger partial charge is 0.436 e. The molecular weight excluding hydrogens is 804 g/mol. The first-order valence-corrected chi connectivity index (χ1v) is 16.3. The first kappa shape index (κ1) is 36.8. The van der Waals surface area contributed by atoms with E-state index in [1.54, 1.807) is 24.3 Å². The fourth-order valence-corrected chi connectivity index (χ4v) is 6.11. The van der Waals surface area contributed by atoms with Gasteiger partial charge in [-0.05, 0) is 72.8 Å². The number of fused-ring (bicyclic) bond motifs is 4.